The number of H-pyrrole nitrogens is 2. The summed E-state index contributed by atoms with van der Waals surface area (Å²) in [5.74, 6) is 0. The van der Waals surface area contributed by atoms with Crippen molar-refractivity contribution in [2.45, 2.75) is 358 Å². The molecule has 0 amide bonds. The number of aryl methyl sites for hydroxylation is 18. The van der Waals surface area contributed by atoms with Crippen molar-refractivity contribution in [1.29, 1.82) is 0 Å². The third-order valence-electron chi connectivity index (χ3n) is 22.3. The highest BCUT2D eigenvalue weighted by molar-refractivity contribution is 5.38. The number of unbranched alkanes of at least 4 members (excludes halogenated alkanes) is 6. The average molecular weight is 1530 g/mol. The molecule has 0 fully saturated rings. The molecule has 0 radical (unpaired) electrons. The highest BCUT2D eigenvalue weighted by Crippen LogP contribution is 2.27. The Hall–Kier alpha value is -7.80. The van der Waals surface area contributed by atoms with Gasteiger partial charge in [0.05, 0.1) is 6.10 Å². The van der Waals surface area contributed by atoms with Gasteiger partial charge in [0.2, 0.25) is 0 Å². The molecular weight excluding hydrogens is 1360 g/mol. The second kappa shape index (κ2) is 53.2. The molecule has 0 saturated heterocycles. The number of methoxy groups -OCH3 is 2. The number of allylic oxidation sites excluding steroid dienone is 2. The third kappa shape index (κ3) is 32.7. The molecule has 0 saturated carbocycles. The number of aromatic nitrogens is 10. The molecule has 10 aromatic heterocycles. The van der Waals surface area contributed by atoms with Crippen LogP contribution in [0.5, 0.6) is 0 Å². The van der Waals surface area contributed by atoms with Crippen molar-refractivity contribution in [1.82, 2.24) is 46.5 Å². The van der Waals surface area contributed by atoms with Gasteiger partial charge in [0.25, 0.3) is 0 Å². The van der Waals surface area contributed by atoms with Gasteiger partial charge in [-0.3, -0.25) is 0 Å². The molecule has 10 aromatic rings. The Kier molecular flexibility index (Phi) is 48.6. The van der Waals surface area contributed by atoms with Gasteiger partial charge in [-0.25, -0.2) is 0 Å². The number of nitrogens with one attached hydrogen (secondary N) is 2. The number of ether oxygens (including phenoxy) is 2. The maximum Gasteiger partial charge on any atom is 0.122 e. The van der Waals surface area contributed by atoms with Gasteiger partial charge in [0.1, 0.15) is 6.73 Å². The smallest absolute Gasteiger partial charge is 0.122 e. The zero-order valence-electron chi connectivity index (χ0n) is 78.1. The molecule has 0 aliphatic rings. The van der Waals surface area contributed by atoms with Crippen LogP contribution in [0.2, 0.25) is 0 Å². The molecule has 10 heterocycles. The van der Waals surface area contributed by atoms with Crippen molar-refractivity contribution in [3.05, 3.63) is 250 Å². The minimum absolute atomic E-state index is 0.190. The predicted molar refractivity (Wildman–Crippen MR) is 488 cm³/mol. The molecule has 12 nitrogen and oxygen atoms in total. The molecule has 0 aromatic carbocycles. The van der Waals surface area contributed by atoms with Crippen LogP contribution in [0.4, 0.5) is 0 Å². The summed E-state index contributed by atoms with van der Waals surface area (Å²) in [6.45, 7) is 84.9. The Balaban J connectivity index is 0.000000620. The maximum atomic E-state index is 5.29. The summed E-state index contributed by atoms with van der Waals surface area (Å²) >= 11 is 0. The molecular formula is C99H164N10O2. The van der Waals surface area contributed by atoms with E-state index in [0.717, 1.165) is 26.1 Å². The van der Waals surface area contributed by atoms with Gasteiger partial charge in [-0.1, -0.05) is 85.3 Å². The van der Waals surface area contributed by atoms with Crippen molar-refractivity contribution in [2.24, 2.45) is 0 Å². The molecule has 0 aliphatic heterocycles. The number of nitrogens with zero attached hydrogens (tertiary/aromatic N) is 8. The van der Waals surface area contributed by atoms with Crippen LogP contribution in [0.3, 0.4) is 0 Å². The Bertz CT molecular complexity index is 4170. The lowest BCUT2D eigenvalue weighted by atomic mass is 10.1. The lowest BCUT2D eigenvalue weighted by Gasteiger charge is -2.10. The first kappa shape index (κ1) is 101. The quantitative estimate of drug-likeness (QED) is 0.0494. The molecule has 12 heteroatoms. The zero-order chi connectivity index (χ0) is 84.5. The molecule has 10 rings (SSSR count). The van der Waals surface area contributed by atoms with Crippen molar-refractivity contribution >= 4 is 6.20 Å². The normalized spacial score (nSPS) is 10.8. The van der Waals surface area contributed by atoms with Crippen LogP contribution in [-0.4, -0.2) is 60.7 Å². The van der Waals surface area contributed by atoms with Crippen LogP contribution in [0, 0.1) is 187 Å². The molecule has 0 spiro atoms. The fourth-order valence-corrected chi connectivity index (χ4v) is 14.5. The monoisotopic (exact) mass is 1530 g/mol. The lowest BCUT2D eigenvalue weighted by molar-refractivity contribution is 0.118. The van der Waals surface area contributed by atoms with Crippen LogP contribution >= 0.6 is 0 Å². The second-order valence-corrected chi connectivity index (χ2v) is 31.0. The first-order valence-corrected chi connectivity index (χ1v) is 42.0. The highest BCUT2D eigenvalue weighted by atomic mass is 16.5. The van der Waals surface area contributed by atoms with E-state index in [1.807, 2.05) is 30.6 Å². The van der Waals surface area contributed by atoms with E-state index in [9.17, 15) is 0 Å². The zero-order valence-corrected chi connectivity index (χ0v) is 78.1. The topological polar surface area (TPSA) is 89.5 Å². The molecule has 2 N–H and O–H groups in total. The molecule has 1 atom stereocenters. The Morgan fingerprint density at radius 3 is 0.973 bits per heavy atom. The van der Waals surface area contributed by atoms with Crippen molar-refractivity contribution in [3.8, 4) is 0 Å². The summed E-state index contributed by atoms with van der Waals surface area (Å²) < 4.78 is 29.0. The van der Waals surface area contributed by atoms with Crippen LogP contribution in [-0.2, 0) is 55.5 Å². The van der Waals surface area contributed by atoms with Gasteiger partial charge >= 0.3 is 0 Å². The summed E-state index contributed by atoms with van der Waals surface area (Å²) in [5, 5.41) is 0. The summed E-state index contributed by atoms with van der Waals surface area (Å²) in [5.41, 5.74) is 38.3. The van der Waals surface area contributed by atoms with Gasteiger partial charge < -0.3 is 56.0 Å². The van der Waals surface area contributed by atoms with Crippen molar-refractivity contribution < 1.29 is 9.47 Å². The summed E-state index contributed by atoms with van der Waals surface area (Å²) in [6, 6.07) is 21.8. The molecule has 622 valence electrons. The van der Waals surface area contributed by atoms with Gasteiger partial charge in [-0.05, 0) is 344 Å². The van der Waals surface area contributed by atoms with E-state index in [-0.39, 0.29) is 6.10 Å². The number of hydrogen-bond acceptors (Lipinski definition) is 2. The van der Waals surface area contributed by atoms with Gasteiger partial charge in [0, 0.05) is 180 Å². The summed E-state index contributed by atoms with van der Waals surface area (Å²) in [7, 11) is 3.46. The fraction of sp³-hybridized carbons (Fsp3) is 0.556. The van der Waals surface area contributed by atoms with Gasteiger partial charge in [0.15, 0.2) is 0 Å². The predicted octanol–water partition coefficient (Wildman–Crippen LogP) is 27.6. The average Bonchev–Trinajstić information content (AvgIpc) is 1.67. The minimum Gasteiger partial charge on any atom is -0.377 e. The maximum absolute atomic E-state index is 5.29. The molecule has 0 aliphatic carbocycles. The van der Waals surface area contributed by atoms with E-state index >= 15 is 0 Å². The largest absolute Gasteiger partial charge is 0.377 e. The summed E-state index contributed by atoms with van der Waals surface area (Å²) in [4.78, 5) is 6.17. The SMILES string of the molecule is C=CCn1c(C)cc(C)c1C.CCC=Cn1c(C)cc(C)c1C.CCCCCCn1c(C)cc(C)c1C.CCCCCn1c(C)cc(C)c1C.CCCCn1c(C)cc(C)c1C.CCCn1c(C)cc(C)c1C.CCn1c(C)cc(C)c1C.COC(C)c1c(C)[nH]c(C)c1C.COCn1c(C)cc(C)c1C.c1cc[nH]c1. The van der Waals surface area contributed by atoms with E-state index in [2.05, 4.69) is 349 Å². The molecule has 0 bridgehead atoms. The fourth-order valence-electron chi connectivity index (χ4n) is 14.5. The summed E-state index contributed by atoms with van der Waals surface area (Å²) in [6.07, 6.45) is 24.4. The Morgan fingerprint density at radius 1 is 0.369 bits per heavy atom. The molecule has 1 unspecified atom stereocenters. The van der Waals surface area contributed by atoms with Crippen molar-refractivity contribution in [3.63, 3.8) is 0 Å². The van der Waals surface area contributed by atoms with Crippen molar-refractivity contribution in [2.75, 3.05) is 14.2 Å². The van der Waals surface area contributed by atoms with Crippen LogP contribution in [0.1, 0.15) is 283 Å². The minimum atomic E-state index is 0.190. The van der Waals surface area contributed by atoms with Crippen LogP contribution in [0.25, 0.3) is 6.20 Å². The number of hydrogen-bond donors (Lipinski definition) is 2. The van der Waals surface area contributed by atoms with Crippen LogP contribution < -0.4 is 0 Å². The van der Waals surface area contributed by atoms with E-state index in [1.54, 1.807) is 14.2 Å². The Labute approximate surface area is 680 Å². The number of aromatic amines is 2. The Morgan fingerprint density at radius 2 is 0.703 bits per heavy atom. The standard InChI is InChI=1S/C13H23N.C12H21N.C11H19N.C11H17N.C10H17NO.C10H17N.C10H15N.C9H15NO.C9H15N.C4H5N/c1-5-6-7-8-9-14-12(3)10-11(2)13(14)4;1-5-6-7-8-13-11(3)9-10(2)12(13)4;2*1-5-6-7-12-10(3)8-9(2)11(12)4;1-6-7(2)11-8(3)10(6)9(4)12-5;2*1-5-6-11-9(3)7-8(2)10(11)4;1-7-5-8(2)10(6-11-4)9(7)3;1-5-10-8(3)6-7(2)9(10)4;1-2-4-5-3-1/h10H,5-9H2,1-4H3;9H,5-8H2,1-4H3;8H,5-7H2,1-4H3;6-8H,5H2,1-4H3;9,11H,1-5H3;7H,5-6H2,1-4H3;5,7H,1,6H2,2-4H3;5H,6H2,1-4H3;6H,5H2,1-4H3;1-5H. The van der Waals surface area contributed by atoms with Crippen LogP contribution in [0.15, 0.2) is 91.8 Å². The first-order chi connectivity index (χ1) is 52.4. The van der Waals surface area contributed by atoms with E-state index < -0.39 is 0 Å². The lowest BCUT2D eigenvalue weighted by Crippen LogP contribution is -2.03. The van der Waals surface area contributed by atoms with E-state index in [4.69, 9.17) is 9.47 Å². The third-order valence-corrected chi connectivity index (χ3v) is 22.3. The molecule has 111 heavy (non-hydrogen) atoms. The highest BCUT2D eigenvalue weighted by Gasteiger charge is 2.15. The van der Waals surface area contributed by atoms with Gasteiger partial charge in [-0.2, -0.15) is 0 Å². The van der Waals surface area contributed by atoms with Gasteiger partial charge in [-0.15, -0.1) is 6.58 Å². The number of rotatable bonds is 23. The second-order valence-electron chi connectivity index (χ2n) is 31.0. The first-order valence-electron chi connectivity index (χ1n) is 42.0. The van der Waals surface area contributed by atoms with E-state index in [1.165, 1.54) is 242 Å². The van der Waals surface area contributed by atoms with E-state index in [0.29, 0.717) is 6.73 Å².